The van der Waals surface area contributed by atoms with Crippen LogP contribution < -0.4 is 9.46 Å². The zero-order chi connectivity index (χ0) is 20.4. The van der Waals surface area contributed by atoms with E-state index in [-0.39, 0.29) is 0 Å². The Labute approximate surface area is 161 Å². The molecule has 5 nitrogen and oxygen atoms in total. The van der Waals surface area contributed by atoms with Crippen molar-refractivity contribution in [1.82, 2.24) is 4.72 Å². The molecule has 1 fully saturated rings. The molecule has 1 saturated carbocycles. The molecule has 0 aromatic heterocycles. The van der Waals surface area contributed by atoms with Gasteiger partial charge in [-0.1, -0.05) is 36.4 Å². The Bertz CT molecular complexity index is 909. The Balaban J connectivity index is 1.94. The number of alkyl halides is 3. The van der Waals surface area contributed by atoms with E-state index in [1.54, 1.807) is 30.3 Å². The average Bonchev–Trinajstić information content (AvgIpc) is 2.63. The lowest BCUT2D eigenvalue weighted by atomic mass is 9.94. The van der Waals surface area contributed by atoms with Crippen LogP contribution in [0, 0.1) is 0 Å². The summed E-state index contributed by atoms with van der Waals surface area (Å²) in [5.74, 6) is -0.780. The van der Waals surface area contributed by atoms with Gasteiger partial charge in [-0.2, -0.15) is 0 Å². The fourth-order valence-corrected chi connectivity index (χ4v) is 4.64. The van der Waals surface area contributed by atoms with Gasteiger partial charge in [0.2, 0.25) is 10.0 Å². The third-order valence-electron chi connectivity index (χ3n) is 4.58. The first kappa shape index (κ1) is 20.6. The molecule has 0 spiro atoms. The molecule has 1 aliphatic carbocycles. The van der Waals surface area contributed by atoms with Crippen LogP contribution in [0.15, 0.2) is 53.4 Å². The van der Waals surface area contributed by atoms with E-state index in [4.69, 9.17) is 0 Å². The van der Waals surface area contributed by atoms with Crippen molar-refractivity contribution in [2.24, 2.45) is 0 Å². The molecule has 0 saturated heterocycles. The number of benzene rings is 2. The maximum absolute atomic E-state index is 12.9. The average molecular weight is 415 g/mol. The monoisotopic (exact) mass is 415 g/mol. The van der Waals surface area contributed by atoms with E-state index in [1.165, 1.54) is 6.07 Å². The highest BCUT2D eigenvalue weighted by atomic mass is 32.2. The highest BCUT2D eigenvalue weighted by Crippen LogP contribution is 2.34. The van der Waals surface area contributed by atoms with Crippen molar-refractivity contribution in [3.8, 4) is 16.9 Å². The quantitative estimate of drug-likeness (QED) is 0.778. The zero-order valence-electron chi connectivity index (χ0n) is 14.8. The summed E-state index contributed by atoms with van der Waals surface area (Å²) in [6.45, 7) is 0. The van der Waals surface area contributed by atoms with Crippen molar-refractivity contribution in [2.45, 2.75) is 49.1 Å². The van der Waals surface area contributed by atoms with Gasteiger partial charge in [0, 0.05) is 6.04 Å². The molecule has 0 unspecified atom stereocenters. The van der Waals surface area contributed by atoms with Gasteiger partial charge < -0.3 is 9.84 Å². The van der Waals surface area contributed by atoms with E-state index in [9.17, 15) is 26.7 Å². The molecule has 2 aromatic carbocycles. The largest absolute Gasteiger partial charge is 0.573 e. The number of halogens is 3. The first-order valence-electron chi connectivity index (χ1n) is 8.80. The zero-order valence-corrected chi connectivity index (χ0v) is 15.6. The number of nitrogens with one attached hydrogen (secondary N) is 1. The molecule has 1 aliphatic rings. The van der Waals surface area contributed by atoms with Crippen molar-refractivity contribution in [2.75, 3.05) is 0 Å². The lowest BCUT2D eigenvalue weighted by Crippen LogP contribution is -2.38. The lowest BCUT2D eigenvalue weighted by Gasteiger charge is -2.26. The van der Waals surface area contributed by atoms with E-state index in [0.29, 0.717) is 36.8 Å². The third kappa shape index (κ3) is 5.24. The molecular formula is C19H20F3NO4S. The molecule has 3 rings (SSSR count). The van der Waals surface area contributed by atoms with Crippen LogP contribution in [0.4, 0.5) is 13.2 Å². The van der Waals surface area contributed by atoms with Gasteiger partial charge in [-0.3, -0.25) is 0 Å². The van der Waals surface area contributed by atoms with E-state index in [0.717, 1.165) is 12.1 Å². The summed E-state index contributed by atoms with van der Waals surface area (Å²) in [5, 5.41) is 9.53. The maximum Gasteiger partial charge on any atom is 0.573 e. The summed E-state index contributed by atoms with van der Waals surface area (Å²) >= 11 is 0. The SMILES string of the molecule is O=S(=O)(NC1CCC(O)CC1)c1ccc(-c2ccccc2)cc1OC(F)(F)F. The van der Waals surface area contributed by atoms with Crippen LogP contribution >= 0.6 is 0 Å². The molecule has 0 heterocycles. The Morgan fingerprint density at radius 1 is 0.964 bits per heavy atom. The highest BCUT2D eigenvalue weighted by molar-refractivity contribution is 7.89. The van der Waals surface area contributed by atoms with Crippen molar-refractivity contribution in [3.63, 3.8) is 0 Å². The number of hydrogen-bond donors (Lipinski definition) is 2. The Hall–Kier alpha value is -2.10. The van der Waals surface area contributed by atoms with Crippen LogP contribution in [0.1, 0.15) is 25.7 Å². The Kier molecular flexibility index (Phi) is 5.97. The number of ether oxygens (including phenoxy) is 1. The van der Waals surface area contributed by atoms with E-state index in [2.05, 4.69) is 9.46 Å². The molecule has 2 aromatic rings. The Morgan fingerprint density at radius 3 is 2.21 bits per heavy atom. The van der Waals surface area contributed by atoms with Crippen LogP contribution in [0.25, 0.3) is 11.1 Å². The minimum absolute atomic E-state index is 0.402. The van der Waals surface area contributed by atoms with Gasteiger partial charge in [0.15, 0.2) is 0 Å². The fourth-order valence-electron chi connectivity index (χ4n) is 3.22. The molecule has 9 heteroatoms. The van der Waals surface area contributed by atoms with E-state index < -0.39 is 39.2 Å². The highest BCUT2D eigenvalue weighted by Gasteiger charge is 2.35. The fraction of sp³-hybridized carbons (Fsp3) is 0.368. The first-order valence-corrected chi connectivity index (χ1v) is 10.3. The lowest BCUT2D eigenvalue weighted by molar-refractivity contribution is -0.275. The van der Waals surface area contributed by atoms with Crippen LogP contribution in [0.2, 0.25) is 0 Å². The second kappa shape index (κ2) is 8.10. The topological polar surface area (TPSA) is 75.6 Å². The number of aliphatic hydroxyl groups excluding tert-OH is 1. The summed E-state index contributed by atoms with van der Waals surface area (Å²) in [5.41, 5.74) is 1.03. The van der Waals surface area contributed by atoms with Crippen LogP contribution in [-0.4, -0.2) is 32.0 Å². The van der Waals surface area contributed by atoms with Crippen molar-refractivity contribution in [3.05, 3.63) is 48.5 Å². The molecule has 152 valence electrons. The molecule has 0 atom stereocenters. The molecule has 0 bridgehead atoms. The van der Waals surface area contributed by atoms with Gasteiger partial charge in [-0.05, 0) is 48.9 Å². The predicted molar refractivity (Wildman–Crippen MR) is 97.1 cm³/mol. The van der Waals surface area contributed by atoms with Gasteiger partial charge in [-0.25, -0.2) is 13.1 Å². The number of rotatable bonds is 5. The second-order valence-electron chi connectivity index (χ2n) is 6.70. The number of hydrogen-bond acceptors (Lipinski definition) is 4. The molecular weight excluding hydrogens is 395 g/mol. The summed E-state index contributed by atoms with van der Waals surface area (Å²) < 4.78 is 70.5. The summed E-state index contributed by atoms with van der Waals surface area (Å²) in [7, 11) is -4.24. The van der Waals surface area contributed by atoms with Crippen molar-refractivity contribution < 1.29 is 31.4 Å². The van der Waals surface area contributed by atoms with Gasteiger partial charge >= 0.3 is 6.36 Å². The molecule has 0 amide bonds. The Morgan fingerprint density at radius 2 is 1.61 bits per heavy atom. The smallest absolute Gasteiger partial charge is 0.404 e. The van der Waals surface area contributed by atoms with Crippen LogP contribution in [0.3, 0.4) is 0 Å². The molecule has 0 aliphatic heterocycles. The standard InChI is InChI=1S/C19H20F3NO4S/c20-19(21,22)27-17-12-14(13-4-2-1-3-5-13)6-11-18(17)28(25,26)23-15-7-9-16(24)10-8-15/h1-6,11-12,15-16,23-24H,7-10H2. The maximum atomic E-state index is 12.9. The third-order valence-corrected chi connectivity index (χ3v) is 6.14. The minimum Gasteiger partial charge on any atom is -0.404 e. The molecule has 0 radical (unpaired) electrons. The number of aliphatic hydroxyl groups is 1. The van der Waals surface area contributed by atoms with Crippen LogP contribution in [-0.2, 0) is 10.0 Å². The number of sulfonamides is 1. The van der Waals surface area contributed by atoms with Gasteiger partial charge in [0.1, 0.15) is 10.6 Å². The van der Waals surface area contributed by atoms with E-state index >= 15 is 0 Å². The normalized spacial score (nSPS) is 20.7. The van der Waals surface area contributed by atoms with Gasteiger partial charge in [0.25, 0.3) is 0 Å². The molecule has 28 heavy (non-hydrogen) atoms. The summed E-state index contributed by atoms with van der Waals surface area (Å²) in [6, 6.07) is 11.8. The minimum atomic E-state index is -5.03. The van der Waals surface area contributed by atoms with Crippen molar-refractivity contribution in [1.29, 1.82) is 0 Å². The van der Waals surface area contributed by atoms with E-state index in [1.807, 2.05) is 0 Å². The summed E-state index contributed by atoms with van der Waals surface area (Å²) in [6.07, 6.45) is -3.81. The van der Waals surface area contributed by atoms with Gasteiger partial charge in [-0.15, -0.1) is 13.2 Å². The van der Waals surface area contributed by atoms with Gasteiger partial charge in [0.05, 0.1) is 6.10 Å². The summed E-state index contributed by atoms with van der Waals surface area (Å²) in [4.78, 5) is -0.573. The second-order valence-corrected chi connectivity index (χ2v) is 8.38. The van der Waals surface area contributed by atoms with Crippen LogP contribution in [0.5, 0.6) is 5.75 Å². The molecule has 2 N–H and O–H groups in total. The van der Waals surface area contributed by atoms with Crippen molar-refractivity contribution >= 4 is 10.0 Å². The predicted octanol–water partition coefficient (Wildman–Crippen LogP) is 3.83. The first-order chi connectivity index (χ1) is 13.1.